The molecule has 0 radical (unpaired) electrons. The predicted molar refractivity (Wildman–Crippen MR) is 97.5 cm³/mol. The van der Waals surface area contributed by atoms with Gasteiger partial charge in [-0.15, -0.1) is 0 Å². The molecule has 0 aromatic rings. The van der Waals surface area contributed by atoms with E-state index in [-0.39, 0.29) is 30.0 Å². The first-order valence-corrected chi connectivity index (χ1v) is 10.2. The molecule has 0 saturated carbocycles. The summed E-state index contributed by atoms with van der Waals surface area (Å²) in [5.41, 5.74) is 0. The average Bonchev–Trinajstić information content (AvgIpc) is 3.14. The largest absolute Gasteiger partial charge is 0.469 e. The summed E-state index contributed by atoms with van der Waals surface area (Å²) in [6.07, 6.45) is 6.52. The number of ether oxygens (including phenoxy) is 1. The second-order valence-electron chi connectivity index (χ2n) is 6.60. The van der Waals surface area contributed by atoms with E-state index in [9.17, 15) is 14.4 Å². The van der Waals surface area contributed by atoms with Crippen molar-refractivity contribution >= 4 is 29.7 Å². The first-order chi connectivity index (χ1) is 12.1. The molecule has 2 saturated heterocycles. The van der Waals surface area contributed by atoms with Crippen molar-refractivity contribution < 1.29 is 19.1 Å². The number of hydrogen-bond acceptors (Lipinski definition) is 5. The highest BCUT2D eigenvalue weighted by molar-refractivity contribution is 8.00. The predicted octanol–water partition coefficient (Wildman–Crippen LogP) is 1.56. The van der Waals surface area contributed by atoms with Gasteiger partial charge in [-0.25, -0.2) is 4.79 Å². The van der Waals surface area contributed by atoms with Crippen molar-refractivity contribution in [3.05, 3.63) is 0 Å². The number of hydrogen-bond donors (Lipinski definition) is 3. The molecule has 25 heavy (non-hydrogen) atoms. The zero-order chi connectivity index (χ0) is 18.1. The summed E-state index contributed by atoms with van der Waals surface area (Å²) in [5.74, 6) is 0.898. The Hall–Kier alpha value is -1.44. The lowest BCUT2D eigenvalue weighted by Gasteiger charge is -2.16. The molecule has 2 rings (SSSR count). The van der Waals surface area contributed by atoms with Crippen molar-refractivity contribution in [2.45, 2.75) is 68.7 Å². The van der Waals surface area contributed by atoms with Crippen LogP contribution in [-0.4, -0.2) is 54.6 Å². The van der Waals surface area contributed by atoms with Crippen LogP contribution in [0.2, 0.25) is 0 Å². The van der Waals surface area contributed by atoms with Gasteiger partial charge in [-0.1, -0.05) is 12.8 Å². The zero-order valence-electron chi connectivity index (χ0n) is 14.8. The molecule has 3 N–H and O–H groups in total. The smallest absolute Gasteiger partial charge is 0.315 e. The lowest BCUT2D eigenvalue weighted by atomic mass is 10.0. The van der Waals surface area contributed by atoms with Gasteiger partial charge in [-0.05, 0) is 25.7 Å². The standard InChI is InChI=1S/C17H29N3O4S/c1-24-15(22)9-3-2-6-10-18-14(21)8-5-4-7-13-16-12(11-25-13)19-17(23)20-16/h12-13,16H,2-11H2,1H3,(H,18,21)(H2,19,20,23)/t12-,13-,16-/m0/s1. The van der Waals surface area contributed by atoms with E-state index >= 15 is 0 Å². The molecule has 0 aromatic heterocycles. The van der Waals surface area contributed by atoms with Crippen molar-refractivity contribution in [3.8, 4) is 0 Å². The van der Waals surface area contributed by atoms with E-state index in [4.69, 9.17) is 0 Å². The molecule has 2 fully saturated rings. The van der Waals surface area contributed by atoms with Gasteiger partial charge in [0.1, 0.15) is 0 Å². The van der Waals surface area contributed by atoms with Crippen molar-refractivity contribution in [1.29, 1.82) is 0 Å². The van der Waals surface area contributed by atoms with E-state index in [1.54, 1.807) is 0 Å². The number of fused-ring (bicyclic) bond motifs is 1. The van der Waals surface area contributed by atoms with Gasteiger partial charge in [0.15, 0.2) is 0 Å². The van der Waals surface area contributed by atoms with Crippen molar-refractivity contribution in [1.82, 2.24) is 16.0 Å². The summed E-state index contributed by atoms with van der Waals surface area (Å²) < 4.78 is 4.58. The molecule has 3 amide bonds. The van der Waals surface area contributed by atoms with E-state index in [1.165, 1.54) is 7.11 Å². The number of rotatable bonds is 11. The van der Waals surface area contributed by atoms with Crippen LogP contribution in [0, 0.1) is 0 Å². The van der Waals surface area contributed by atoms with Crippen LogP contribution in [0.5, 0.6) is 0 Å². The maximum atomic E-state index is 11.8. The minimum atomic E-state index is -0.177. The van der Waals surface area contributed by atoms with Crippen LogP contribution in [0.15, 0.2) is 0 Å². The molecular formula is C17H29N3O4S. The Balaban J connectivity index is 1.44. The van der Waals surface area contributed by atoms with Crippen LogP contribution in [-0.2, 0) is 14.3 Å². The lowest BCUT2D eigenvalue weighted by molar-refractivity contribution is -0.140. The van der Waals surface area contributed by atoms with Gasteiger partial charge in [0.05, 0.1) is 19.2 Å². The number of unbranched alkanes of at least 4 members (excludes halogenated alkanes) is 3. The Bertz CT molecular complexity index is 475. The summed E-state index contributed by atoms with van der Waals surface area (Å²) in [7, 11) is 1.40. The normalized spacial score (nSPS) is 24.4. The second kappa shape index (κ2) is 10.5. The fourth-order valence-corrected chi connectivity index (χ4v) is 4.81. The van der Waals surface area contributed by atoms with E-state index in [2.05, 4.69) is 20.7 Å². The van der Waals surface area contributed by atoms with E-state index in [0.717, 1.165) is 44.3 Å². The lowest BCUT2D eigenvalue weighted by Crippen LogP contribution is -2.36. The van der Waals surface area contributed by atoms with Gasteiger partial charge >= 0.3 is 12.0 Å². The van der Waals surface area contributed by atoms with Gasteiger partial charge in [-0.3, -0.25) is 9.59 Å². The molecule has 0 unspecified atom stereocenters. The molecule has 8 heteroatoms. The fourth-order valence-electron chi connectivity index (χ4n) is 3.26. The summed E-state index contributed by atoms with van der Waals surface area (Å²) >= 11 is 1.91. The molecule has 0 aromatic carbocycles. The number of thioether (sulfide) groups is 1. The van der Waals surface area contributed by atoms with Gasteiger partial charge in [-0.2, -0.15) is 11.8 Å². The molecule has 2 aliphatic heterocycles. The minimum absolute atomic E-state index is 0.0498. The topological polar surface area (TPSA) is 96.5 Å². The monoisotopic (exact) mass is 371 g/mol. The summed E-state index contributed by atoms with van der Waals surface area (Å²) in [5, 5.41) is 9.32. The van der Waals surface area contributed by atoms with Gasteiger partial charge in [0, 0.05) is 30.4 Å². The van der Waals surface area contributed by atoms with Gasteiger partial charge in [0.25, 0.3) is 0 Å². The molecule has 0 aliphatic carbocycles. The highest BCUT2D eigenvalue weighted by Gasteiger charge is 2.42. The van der Waals surface area contributed by atoms with E-state index < -0.39 is 0 Å². The Kier molecular flexibility index (Phi) is 8.37. The molecular weight excluding hydrogens is 342 g/mol. The number of methoxy groups -OCH3 is 1. The molecule has 0 spiro atoms. The van der Waals surface area contributed by atoms with Crippen LogP contribution in [0.25, 0.3) is 0 Å². The third-order valence-corrected chi connectivity index (χ3v) is 6.20. The Morgan fingerprint density at radius 1 is 1.16 bits per heavy atom. The molecule has 3 atom stereocenters. The fraction of sp³-hybridized carbons (Fsp3) is 0.824. The number of urea groups is 1. The summed E-state index contributed by atoms with van der Waals surface area (Å²) in [4.78, 5) is 34.1. The Morgan fingerprint density at radius 3 is 2.76 bits per heavy atom. The maximum Gasteiger partial charge on any atom is 0.315 e. The minimum Gasteiger partial charge on any atom is -0.469 e. The number of carbonyl (C=O) groups excluding carboxylic acids is 3. The third kappa shape index (κ3) is 6.76. The quantitative estimate of drug-likeness (QED) is 0.291. The highest BCUT2D eigenvalue weighted by Crippen LogP contribution is 2.33. The van der Waals surface area contributed by atoms with Crippen LogP contribution in [0.3, 0.4) is 0 Å². The molecule has 0 bridgehead atoms. The van der Waals surface area contributed by atoms with Crippen LogP contribution in [0.1, 0.15) is 51.4 Å². The molecule has 2 aliphatic rings. The third-order valence-electron chi connectivity index (χ3n) is 4.69. The number of amides is 3. The summed E-state index contributed by atoms with van der Waals surface area (Å²) in [6, 6.07) is 0.465. The van der Waals surface area contributed by atoms with Crippen molar-refractivity contribution in [2.24, 2.45) is 0 Å². The number of carbonyl (C=O) groups is 3. The molecule has 7 nitrogen and oxygen atoms in total. The van der Waals surface area contributed by atoms with E-state index in [1.807, 2.05) is 11.8 Å². The Labute approximate surface area is 153 Å². The number of esters is 1. The maximum absolute atomic E-state index is 11.8. The van der Waals surface area contributed by atoms with Crippen LogP contribution >= 0.6 is 11.8 Å². The van der Waals surface area contributed by atoms with Crippen molar-refractivity contribution in [3.63, 3.8) is 0 Å². The number of nitrogens with one attached hydrogen (secondary N) is 3. The SMILES string of the molecule is COC(=O)CCCCCNC(=O)CCCC[C@@H]1SC[C@@H]2NC(=O)N[C@@H]21. The molecule has 2 heterocycles. The van der Waals surface area contributed by atoms with Crippen molar-refractivity contribution in [2.75, 3.05) is 19.4 Å². The molecule has 142 valence electrons. The average molecular weight is 372 g/mol. The first-order valence-electron chi connectivity index (χ1n) is 9.12. The van der Waals surface area contributed by atoms with Gasteiger partial charge < -0.3 is 20.7 Å². The van der Waals surface area contributed by atoms with Gasteiger partial charge in [0.2, 0.25) is 5.91 Å². The highest BCUT2D eigenvalue weighted by atomic mass is 32.2. The first kappa shape index (κ1) is 19.9. The summed E-state index contributed by atoms with van der Waals surface area (Å²) in [6.45, 7) is 0.667. The zero-order valence-corrected chi connectivity index (χ0v) is 15.7. The second-order valence-corrected chi connectivity index (χ2v) is 7.88. The van der Waals surface area contributed by atoms with E-state index in [0.29, 0.717) is 24.6 Å². The van der Waals surface area contributed by atoms with Crippen LogP contribution < -0.4 is 16.0 Å². The van der Waals surface area contributed by atoms with Crippen LogP contribution in [0.4, 0.5) is 4.79 Å². The Morgan fingerprint density at radius 2 is 1.96 bits per heavy atom.